The van der Waals surface area contributed by atoms with E-state index in [1.807, 2.05) is 12.2 Å². The summed E-state index contributed by atoms with van der Waals surface area (Å²) >= 11 is 0. The number of hydrazine groups is 1. The van der Waals surface area contributed by atoms with Gasteiger partial charge in [-0.3, -0.25) is 20.4 Å². The molecule has 23 heavy (non-hydrogen) atoms. The molecule has 1 aliphatic carbocycles. The van der Waals surface area contributed by atoms with Crippen molar-refractivity contribution >= 4 is 11.8 Å². The Morgan fingerprint density at radius 3 is 2.61 bits per heavy atom. The van der Waals surface area contributed by atoms with E-state index in [9.17, 15) is 9.59 Å². The summed E-state index contributed by atoms with van der Waals surface area (Å²) in [5.41, 5.74) is 5.70. The number of nitrogens with one attached hydrogen (secondary N) is 2. The third kappa shape index (κ3) is 4.74. The summed E-state index contributed by atoms with van der Waals surface area (Å²) in [6.07, 6.45) is 6.84. The average Bonchev–Trinajstić information content (AvgIpc) is 2.60. The van der Waals surface area contributed by atoms with E-state index in [4.69, 9.17) is 9.47 Å². The second-order valence-electron chi connectivity index (χ2n) is 5.37. The lowest BCUT2D eigenvalue weighted by atomic mass is 9.95. The number of hydrogen-bond acceptors (Lipinski definition) is 4. The van der Waals surface area contributed by atoms with E-state index in [0.717, 1.165) is 24.8 Å². The molecule has 0 aliphatic heterocycles. The number of methoxy groups -OCH3 is 2. The van der Waals surface area contributed by atoms with Gasteiger partial charge in [-0.05, 0) is 37.0 Å². The largest absolute Gasteiger partial charge is 0.493 e. The molecule has 1 atom stereocenters. The molecule has 0 saturated heterocycles. The molecule has 0 aromatic heterocycles. The zero-order valence-corrected chi connectivity index (χ0v) is 13.4. The van der Waals surface area contributed by atoms with Crippen molar-refractivity contribution in [3.05, 3.63) is 35.9 Å². The fourth-order valence-electron chi connectivity index (χ4n) is 2.48. The third-order valence-electron chi connectivity index (χ3n) is 3.73. The first-order valence-electron chi connectivity index (χ1n) is 7.60. The molecule has 124 valence electrons. The van der Waals surface area contributed by atoms with Crippen LogP contribution in [0.5, 0.6) is 11.5 Å². The minimum absolute atomic E-state index is 0.140. The van der Waals surface area contributed by atoms with E-state index in [-0.39, 0.29) is 24.2 Å². The van der Waals surface area contributed by atoms with Crippen molar-refractivity contribution in [2.45, 2.75) is 25.7 Å². The van der Waals surface area contributed by atoms with E-state index in [1.54, 1.807) is 32.4 Å². The molecule has 0 radical (unpaired) electrons. The second kappa shape index (κ2) is 8.22. The number of carbonyl (C=O) groups excluding carboxylic acids is 2. The second-order valence-corrected chi connectivity index (χ2v) is 5.37. The topological polar surface area (TPSA) is 76.7 Å². The smallest absolute Gasteiger partial charge is 0.245 e. The maximum absolute atomic E-state index is 11.9. The van der Waals surface area contributed by atoms with Gasteiger partial charge in [0.25, 0.3) is 0 Å². The van der Waals surface area contributed by atoms with Crippen LogP contribution >= 0.6 is 0 Å². The molecule has 6 heteroatoms. The van der Waals surface area contributed by atoms with Gasteiger partial charge in [0.15, 0.2) is 11.5 Å². The molecule has 2 rings (SSSR count). The Labute approximate surface area is 135 Å². The van der Waals surface area contributed by atoms with Crippen LogP contribution in [0.4, 0.5) is 0 Å². The SMILES string of the molecule is COc1ccc(CC(=O)NNC(=O)[C@@H]2C=CCCC2)cc1OC. The number of hydrogen-bond donors (Lipinski definition) is 2. The van der Waals surface area contributed by atoms with Gasteiger partial charge in [0.05, 0.1) is 26.6 Å². The summed E-state index contributed by atoms with van der Waals surface area (Å²) in [5, 5.41) is 0. The third-order valence-corrected chi connectivity index (χ3v) is 3.73. The molecule has 1 aromatic carbocycles. The number of amides is 2. The van der Waals surface area contributed by atoms with Gasteiger partial charge in [0.1, 0.15) is 0 Å². The Morgan fingerprint density at radius 1 is 1.17 bits per heavy atom. The number of carbonyl (C=O) groups is 2. The van der Waals surface area contributed by atoms with Gasteiger partial charge in [-0.1, -0.05) is 18.2 Å². The van der Waals surface area contributed by atoms with Gasteiger partial charge in [0.2, 0.25) is 11.8 Å². The summed E-state index contributed by atoms with van der Waals surface area (Å²) in [7, 11) is 3.10. The summed E-state index contributed by atoms with van der Waals surface area (Å²) in [6, 6.07) is 5.27. The molecule has 0 bridgehead atoms. The van der Waals surface area contributed by atoms with Crippen molar-refractivity contribution in [2.24, 2.45) is 5.92 Å². The number of benzene rings is 1. The fraction of sp³-hybridized carbons (Fsp3) is 0.412. The lowest BCUT2D eigenvalue weighted by Gasteiger charge is -2.16. The first-order chi connectivity index (χ1) is 11.1. The highest BCUT2D eigenvalue weighted by molar-refractivity contribution is 5.85. The number of ether oxygens (including phenoxy) is 2. The van der Waals surface area contributed by atoms with E-state index in [2.05, 4.69) is 10.9 Å². The zero-order valence-electron chi connectivity index (χ0n) is 13.4. The summed E-state index contributed by atoms with van der Waals surface area (Å²) < 4.78 is 10.4. The molecule has 2 N–H and O–H groups in total. The van der Waals surface area contributed by atoms with Crippen molar-refractivity contribution in [3.8, 4) is 11.5 Å². The first kappa shape index (κ1) is 16.9. The molecule has 0 fully saturated rings. The van der Waals surface area contributed by atoms with Crippen LogP contribution in [0.15, 0.2) is 30.4 Å². The summed E-state index contributed by atoms with van der Waals surface area (Å²) in [5.74, 6) is 0.542. The molecule has 0 unspecified atom stereocenters. The Kier molecular flexibility index (Phi) is 6.02. The van der Waals surface area contributed by atoms with Crippen molar-refractivity contribution in [2.75, 3.05) is 14.2 Å². The molecule has 1 aromatic rings. The highest BCUT2D eigenvalue weighted by Crippen LogP contribution is 2.27. The van der Waals surface area contributed by atoms with Crippen LogP contribution in [0.2, 0.25) is 0 Å². The molecule has 0 heterocycles. The van der Waals surface area contributed by atoms with Crippen LogP contribution in [-0.4, -0.2) is 26.0 Å². The normalized spacial score (nSPS) is 16.5. The van der Waals surface area contributed by atoms with Gasteiger partial charge in [-0.25, -0.2) is 0 Å². The fourth-order valence-corrected chi connectivity index (χ4v) is 2.48. The predicted octanol–water partition coefficient (Wildman–Crippen LogP) is 1.75. The first-order valence-corrected chi connectivity index (χ1v) is 7.60. The Balaban J connectivity index is 1.86. The van der Waals surface area contributed by atoms with Gasteiger partial charge in [-0.15, -0.1) is 0 Å². The zero-order chi connectivity index (χ0) is 16.7. The van der Waals surface area contributed by atoms with Crippen LogP contribution in [0.1, 0.15) is 24.8 Å². The van der Waals surface area contributed by atoms with Gasteiger partial charge in [-0.2, -0.15) is 0 Å². The van der Waals surface area contributed by atoms with Crippen LogP contribution in [-0.2, 0) is 16.0 Å². The summed E-state index contributed by atoms with van der Waals surface area (Å²) in [6.45, 7) is 0. The van der Waals surface area contributed by atoms with Gasteiger partial charge >= 0.3 is 0 Å². The molecule has 0 spiro atoms. The van der Waals surface area contributed by atoms with Crippen molar-refractivity contribution in [1.29, 1.82) is 0 Å². The van der Waals surface area contributed by atoms with Crippen molar-refractivity contribution in [3.63, 3.8) is 0 Å². The van der Waals surface area contributed by atoms with E-state index >= 15 is 0 Å². The molecule has 1 aliphatic rings. The van der Waals surface area contributed by atoms with Gasteiger partial charge in [0, 0.05) is 0 Å². The average molecular weight is 318 g/mol. The van der Waals surface area contributed by atoms with E-state index in [1.165, 1.54) is 0 Å². The minimum Gasteiger partial charge on any atom is -0.493 e. The minimum atomic E-state index is -0.287. The lowest BCUT2D eigenvalue weighted by molar-refractivity contribution is -0.130. The lowest BCUT2D eigenvalue weighted by Crippen LogP contribution is -2.45. The molecule has 2 amide bonds. The molecule has 6 nitrogen and oxygen atoms in total. The maximum atomic E-state index is 11.9. The quantitative estimate of drug-likeness (QED) is 0.640. The summed E-state index contributed by atoms with van der Waals surface area (Å²) in [4.78, 5) is 23.9. The standard InChI is InChI=1S/C17H22N2O4/c1-22-14-9-8-12(10-15(14)23-2)11-16(20)18-19-17(21)13-6-4-3-5-7-13/h4,6,8-10,13H,3,5,7,11H2,1-2H3,(H,18,20)(H,19,21)/t13-/m1/s1. The Morgan fingerprint density at radius 2 is 1.96 bits per heavy atom. The van der Waals surface area contributed by atoms with Gasteiger partial charge < -0.3 is 9.47 Å². The van der Waals surface area contributed by atoms with Crippen molar-refractivity contribution in [1.82, 2.24) is 10.9 Å². The van der Waals surface area contributed by atoms with E-state index < -0.39 is 0 Å². The number of allylic oxidation sites excluding steroid dienone is 1. The van der Waals surface area contributed by atoms with Crippen molar-refractivity contribution < 1.29 is 19.1 Å². The van der Waals surface area contributed by atoms with Crippen LogP contribution in [0.25, 0.3) is 0 Å². The maximum Gasteiger partial charge on any atom is 0.245 e. The Bertz CT molecular complexity index is 598. The van der Waals surface area contributed by atoms with Crippen LogP contribution in [0.3, 0.4) is 0 Å². The van der Waals surface area contributed by atoms with Crippen LogP contribution in [0, 0.1) is 5.92 Å². The monoisotopic (exact) mass is 318 g/mol. The molecular formula is C17H22N2O4. The number of rotatable bonds is 5. The highest BCUT2D eigenvalue weighted by Gasteiger charge is 2.17. The predicted molar refractivity (Wildman–Crippen MR) is 86.0 cm³/mol. The van der Waals surface area contributed by atoms with E-state index in [0.29, 0.717) is 11.5 Å². The van der Waals surface area contributed by atoms with Crippen LogP contribution < -0.4 is 20.3 Å². The highest BCUT2D eigenvalue weighted by atomic mass is 16.5. The molecular weight excluding hydrogens is 296 g/mol. The Hall–Kier alpha value is -2.50. The molecule has 0 saturated carbocycles.